The van der Waals surface area contributed by atoms with E-state index in [1.165, 1.54) is 65.0 Å². The second-order valence-corrected chi connectivity index (χ2v) is 6.20. The fourth-order valence-electron chi connectivity index (χ4n) is 3.19. The summed E-state index contributed by atoms with van der Waals surface area (Å²) >= 11 is 0. The molecule has 0 radical (unpaired) electrons. The highest BCUT2D eigenvalue weighted by atomic mass is 15.1. The molecule has 1 saturated heterocycles. The Bertz CT molecular complexity index is 210. The zero-order valence-electron chi connectivity index (χ0n) is 13.0. The minimum atomic E-state index is 0.558. The van der Waals surface area contributed by atoms with Crippen molar-refractivity contribution in [3.8, 4) is 0 Å². The second-order valence-electron chi connectivity index (χ2n) is 6.20. The van der Waals surface area contributed by atoms with Crippen molar-refractivity contribution in [2.75, 3.05) is 53.4 Å². The van der Waals surface area contributed by atoms with Crippen molar-refractivity contribution in [1.82, 2.24) is 15.1 Å². The molecule has 0 aromatic heterocycles. The van der Waals surface area contributed by atoms with Crippen molar-refractivity contribution >= 4 is 0 Å². The van der Waals surface area contributed by atoms with Gasteiger partial charge in [-0.1, -0.05) is 20.3 Å². The molecule has 0 amide bonds. The molecule has 1 atom stereocenters. The van der Waals surface area contributed by atoms with Crippen molar-refractivity contribution in [3.05, 3.63) is 0 Å². The first-order valence-corrected chi connectivity index (χ1v) is 7.69. The van der Waals surface area contributed by atoms with Gasteiger partial charge in [0.2, 0.25) is 0 Å². The van der Waals surface area contributed by atoms with Crippen LogP contribution in [0.4, 0.5) is 0 Å². The number of rotatable bonds is 9. The van der Waals surface area contributed by atoms with Crippen LogP contribution in [-0.4, -0.2) is 63.2 Å². The second kappa shape index (κ2) is 8.13. The number of nitrogens with zero attached hydrogens (tertiary/aromatic N) is 2. The van der Waals surface area contributed by atoms with E-state index in [-0.39, 0.29) is 0 Å². The summed E-state index contributed by atoms with van der Waals surface area (Å²) in [6.45, 7) is 12.0. The molecule has 18 heavy (non-hydrogen) atoms. The van der Waals surface area contributed by atoms with Crippen molar-refractivity contribution in [1.29, 1.82) is 0 Å². The first kappa shape index (κ1) is 15.9. The summed E-state index contributed by atoms with van der Waals surface area (Å²) in [6, 6.07) is 0. The van der Waals surface area contributed by atoms with Gasteiger partial charge in [0.1, 0.15) is 0 Å². The van der Waals surface area contributed by atoms with E-state index in [0.717, 1.165) is 0 Å². The Morgan fingerprint density at radius 2 is 1.94 bits per heavy atom. The molecule has 1 heterocycles. The summed E-state index contributed by atoms with van der Waals surface area (Å²) in [7, 11) is 4.32. The first-order chi connectivity index (χ1) is 8.62. The fraction of sp³-hybridized carbons (Fsp3) is 1.00. The summed E-state index contributed by atoms with van der Waals surface area (Å²) in [4.78, 5) is 4.94. The smallest absolute Gasteiger partial charge is 0.00505 e. The number of hydrogen-bond acceptors (Lipinski definition) is 3. The molecule has 1 aliphatic heterocycles. The van der Waals surface area contributed by atoms with Crippen LogP contribution in [0.15, 0.2) is 0 Å². The van der Waals surface area contributed by atoms with Crippen molar-refractivity contribution in [2.24, 2.45) is 5.41 Å². The van der Waals surface area contributed by atoms with Crippen molar-refractivity contribution in [2.45, 2.75) is 39.5 Å². The van der Waals surface area contributed by atoms with Gasteiger partial charge < -0.3 is 15.1 Å². The van der Waals surface area contributed by atoms with Crippen LogP contribution in [0.3, 0.4) is 0 Å². The lowest BCUT2D eigenvalue weighted by atomic mass is 9.82. The molecule has 0 saturated carbocycles. The maximum atomic E-state index is 3.57. The van der Waals surface area contributed by atoms with Gasteiger partial charge in [0, 0.05) is 13.1 Å². The summed E-state index contributed by atoms with van der Waals surface area (Å²) in [5.41, 5.74) is 0.558. The van der Waals surface area contributed by atoms with E-state index in [1.807, 2.05) is 0 Å². The van der Waals surface area contributed by atoms with Crippen LogP contribution in [0.1, 0.15) is 39.5 Å². The van der Waals surface area contributed by atoms with Crippen LogP contribution >= 0.6 is 0 Å². The van der Waals surface area contributed by atoms with Crippen LogP contribution < -0.4 is 5.32 Å². The Morgan fingerprint density at radius 1 is 1.17 bits per heavy atom. The van der Waals surface area contributed by atoms with Crippen molar-refractivity contribution in [3.63, 3.8) is 0 Å². The quantitative estimate of drug-likeness (QED) is 0.680. The van der Waals surface area contributed by atoms with Crippen LogP contribution in [0.5, 0.6) is 0 Å². The number of nitrogens with one attached hydrogen (secondary N) is 1. The molecule has 0 aromatic carbocycles. The largest absolute Gasteiger partial charge is 0.316 e. The lowest BCUT2D eigenvalue weighted by molar-refractivity contribution is 0.153. The van der Waals surface area contributed by atoms with Crippen LogP contribution in [-0.2, 0) is 0 Å². The average Bonchev–Trinajstić information content (AvgIpc) is 2.76. The van der Waals surface area contributed by atoms with Crippen molar-refractivity contribution < 1.29 is 0 Å². The van der Waals surface area contributed by atoms with Gasteiger partial charge in [-0.15, -0.1) is 0 Å². The highest BCUT2D eigenvalue weighted by Crippen LogP contribution is 2.32. The van der Waals surface area contributed by atoms with Gasteiger partial charge in [-0.2, -0.15) is 0 Å². The minimum absolute atomic E-state index is 0.558. The lowest BCUT2D eigenvalue weighted by Crippen LogP contribution is -2.40. The fourth-order valence-corrected chi connectivity index (χ4v) is 3.19. The maximum Gasteiger partial charge on any atom is 0.00505 e. The van der Waals surface area contributed by atoms with Crippen LogP contribution in [0.2, 0.25) is 0 Å². The van der Waals surface area contributed by atoms with E-state index in [2.05, 4.69) is 43.1 Å². The zero-order chi connectivity index (χ0) is 13.4. The molecule has 3 heteroatoms. The molecule has 108 valence electrons. The van der Waals surface area contributed by atoms with E-state index in [9.17, 15) is 0 Å². The Hall–Kier alpha value is -0.120. The normalized spacial score (nSPS) is 24.3. The molecular formula is C15H33N3. The highest BCUT2D eigenvalue weighted by molar-refractivity contribution is 4.90. The van der Waals surface area contributed by atoms with Gasteiger partial charge in [-0.05, 0) is 65.0 Å². The summed E-state index contributed by atoms with van der Waals surface area (Å²) in [5, 5.41) is 3.57. The Morgan fingerprint density at radius 3 is 2.44 bits per heavy atom. The van der Waals surface area contributed by atoms with E-state index in [0.29, 0.717) is 5.41 Å². The number of hydrogen-bond donors (Lipinski definition) is 1. The standard InChI is InChI=1S/C15H33N3/c1-5-8-15(9-10-16-13-15)14-18(6-2)12-7-11-17(3)4/h16H,5-14H2,1-4H3. The highest BCUT2D eigenvalue weighted by Gasteiger charge is 2.34. The Balaban J connectivity index is 2.39. The first-order valence-electron chi connectivity index (χ1n) is 7.69. The van der Waals surface area contributed by atoms with E-state index >= 15 is 0 Å². The topological polar surface area (TPSA) is 18.5 Å². The summed E-state index contributed by atoms with van der Waals surface area (Å²) in [6.07, 6.45) is 5.35. The average molecular weight is 255 g/mol. The van der Waals surface area contributed by atoms with Gasteiger partial charge in [0.25, 0.3) is 0 Å². The SMILES string of the molecule is CCCC1(CN(CC)CCCN(C)C)CCNC1. The molecule has 0 spiro atoms. The lowest BCUT2D eigenvalue weighted by Gasteiger charge is -2.34. The van der Waals surface area contributed by atoms with Gasteiger partial charge in [-0.25, -0.2) is 0 Å². The van der Waals surface area contributed by atoms with Gasteiger partial charge in [0.05, 0.1) is 0 Å². The molecule has 3 nitrogen and oxygen atoms in total. The van der Waals surface area contributed by atoms with Gasteiger partial charge in [-0.3, -0.25) is 0 Å². The van der Waals surface area contributed by atoms with E-state index < -0.39 is 0 Å². The third-order valence-corrected chi connectivity index (χ3v) is 4.20. The molecule has 1 aliphatic rings. The van der Waals surface area contributed by atoms with E-state index in [4.69, 9.17) is 0 Å². The third-order valence-electron chi connectivity index (χ3n) is 4.20. The Kier molecular flexibility index (Phi) is 7.20. The predicted octanol–water partition coefficient (Wildman–Crippen LogP) is 2.04. The molecule has 1 unspecified atom stereocenters. The van der Waals surface area contributed by atoms with E-state index in [1.54, 1.807) is 0 Å². The summed E-state index contributed by atoms with van der Waals surface area (Å²) < 4.78 is 0. The zero-order valence-corrected chi connectivity index (χ0v) is 13.0. The monoisotopic (exact) mass is 255 g/mol. The minimum Gasteiger partial charge on any atom is -0.316 e. The molecule has 1 rings (SSSR count). The van der Waals surface area contributed by atoms with Gasteiger partial charge in [0.15, 0.2) is 0 Å². The molecule has 1 fully saturated rings. The Labute approximate surface area is 114 Å². The third kappa shape index (κ3) is 5.25. The maximum absolute atomic E-state index is 3.57. The summed E-state index contributed by atoms with van der Waals surface area (Å²) in [5.74, 6) is 0. The van der Waals surface area contributed by atoms with Crippen LogP contribution in [0.25, 0.3) is 0 Å². The van der Waals surface area contributed by atoms with Crippen LogP contribution in [0, 0.1) is 5.41 Å². The molecule has 0 bridgehead atoms. The molecule has 0 aromatic rings. The van der Waals surface area contributed by atoms with Gasteiger partial charge >= 0.3 is 0 Å². The molecule has 1 N–H and O–H groups in total. The molecular weight excluding hydrogens is 222 g/mol. The molecule has 0 aliphatic carbocycles. The predicted molar refractivity (Wildman–Crippen MR) is 80.1 cm³/mol.